The first kappa shape index (κ1) is 34.5. The van der Waals surface area contributed by atoms with Crippen LogP contribution in [0.5, 0.6) is 23.0 Å². The number of halogens is 5. The predicted molar refractivity (Wildman–Crippen MR) is 179 cm³/mol. The molecule has 4 heterocycles. The lowest BCUT2D eigenvalue weighted by molar-refractivity contribution is -0.286. The van der Waals surface area contributed by atoms with Crippen molar-refractivity contribution in [3.8, 4) is 34.3 Å². The van der Waals surface area contributed by atoms with E-state index in [-0.39, 0.29) is 62.5 Å². The number of nitrogens with zero attached hydrogens (tertiary/aromatic N) is 3. The number of alkyl halides is 3. The Morgan fingerprint density at radius 2 is 1.83 bits per heavy atom. The molecule has 0 unspecified atom stereocenters. The van der Waals surface area contributed by atoms with Crippen LogP contribution in [-0.2, 0) is 21.6 Å². The number of fused-ring (bicyclic) bond motifs is 3. The first-order valence-corrected chi connectivity index (χ1v) is 16.5. The minimum atomic E-state index is -3.99. The lowest BCUT2D eigenvalue weighted by atomic mass is 9.80. The Morgan fingerprint density at radius 3 is 2.51 bits per heavy atom. The number of benzene rings is 3. The number of ether oxygens (including phenoxy) is 4. The van der Waals surface area contributed by atoms with Crippen LogP contribution in [0, 0.1) is 5.82 Å². The number of amides is 2. The molecule has 1 fully saturated rings. The van der Waals surface area contributed by atoms with E-state index >= 15 is 0 Å². The number of primary amides is 1. The zero-order chi connectivity index (χ0) is 37.7. The molecule has 2 amide bonds. The van der Waals surface area contributed by atoms with E-state index in [0.29, 0.717) is 23.7 Å². The number of nitrogens with one attached hydrogen (secondary N) is 1. The van der Waals surface area contributed by atoms with Crippen LogP contribution in [0.1, 0.15) is 46.9 Å². The predicted octanol–water partition coefficient (Wildman–Crippen LogP) is 5.44. The monoisotopic (exact) mass is 753 g/mol. The lowest BCUT2D eigenvalue weighted by Crippen LogP contribution is -2.43. The van der Waals surface area contributed by atoms with Gasteiger partial charge in [0, 0.05) is 41.1 Å². The number of methoxy groups -OCH3 is 1. The van der Waals surface area contributed by atoms with Gasteiger partial charge in [-0.1, -0.05) is 23.7 Å². The minimum absolute atomic E-state index is 0.00577. The van der Waals surface area contributed by atoms with Crippen LogP contribution in [0.3, 0.4) is 0 Å². The largest absolute Gasteiger partial charge is 0.586 e. The normalized spacial score (nSPS) is 20.0. The second-order valence-corrected chi connectivity index (χ2v) is 13.7. The average molecular weight is 754 g/mol. The van der Waals surface area contributed by atoms with E-state index in [1.54, 1.807) is 0 Å². The molecule has 12 nitrogen and oxygen atoms in total. The van der Waals surface area contributed by atoms with Gasteiger partial charge in [-0.2, -0.15) is 5.10 Å². The number of nitrogens with two attached hydrogens (primary N) is 1. The number of hydrogen-bond acceptors (Lipinski definition) is 9. The van der Waals surface area contributed by atoms with E-state index in [1.165, 1.54) is 67.4 Å². The molecule has 2 aliphatic heterocycles. The summed E-state index contributed by atoms with van der Waals surface area (Å²) in [6, 6.07) is 11.5. The van der Waals surface area contributed by atoms with Crippen molar-refractivity contribution in [2.75, 3.05) is 20.3 Å². The van der Waals surface area contributed by atoms with Gasteiger partial charge in [-0.15, -0.1) is 8.78 Å². The van der Waals surface area contributed by atoms with Crippen LogP contribution in [0.4, 0.5) is 17.6 Å². The summed E-state index contributed by atoms with van der Waals surface area (Å²) in [7, 11) is 1.38. The first-order chi connectivity index (χ1) is 25.0. The molecule has 8 rings (SSSR count). The van der Waals surface area contributed by atoms with Crippen molar-refractivity contribution in [2.45, 2.75) is 42.9 Å². The fourth-order valence-electron chi connectivity index (χ4n) is 6.45. The molecule has 2 aromatic heterocycles. The van der Waals surface area contributed by atoms with Gasteiger partial charge in [0.2, 0.25) is 11.7 Å². The van der Waals surface area contributed by atoms with Crippen LogP contribution in [0.25, 0.3) is 22.2 Å². The van der Waals surface area contributed by atoms with Gasteiger partial charge in [0.15, 0.2) is 11.5 Å². The Bertz CT molecular complexity index is 2370. The van der Waals surface area contributed by atoms with E-state index in [4.69, 9.17) is 26.8 Å². The van der Waals surface area contributed by atoms with Crippen LogP contribution >= 0.6 is 11.6 Å². The number of carbonyl (C=O) groups excluding carboxylic acids is 2. The minimum Gasteiger partial charge on any atom is -0.494 e. The summed E-state index contributed by atoms with van der Waals surface area (Å²) in [6.45, 7) is 0.687. The number of carbonyl (C=O) groups is 2. The highest BCUT2D eigenvalue weighted by atomic mass is 35.5. The van der Waals surface area contributed by atoms with E-state index in [9.17, 15) is 32.3 Å². The topological polar surface area (TPSA) is 160 Å². The van der Waals surface area contributed by atoms with E-state index in [1.807, 2.05) is 0 Å². The summed E-state index contributed by atoms with van der Waals surface area (Å²) in [4.78, 5) is 31.3. The number of aliphatic hydroxyl groups is 1. The van der Waals surface area contributed by atoms with Crippen molar-refractivity contribution in [2.24, 2.45) is 5.73 Å². The molecule has 4 N–H and O–H groups in total. The summed E-state index contributed by atoms with van der Waals surface area (Å²) in [5.74, 6) is -4.30. The summed E-state index contributed by atoms with van der Waals surface area (Å²) in [5, 5.41) is 19.7. The Hall–Kier alpha value is -5.61. The van der Waals surface area contributed by atoms with Gasteiger partial charge in [-0.3, -0.25) is 9.59 Å². The SMILES string of the molecule is COc1cc(C(=O)NC[C@@](O)(c2ccc(F)cc2)c2cc3c(c(-c4ccc5c(c4Cl)OC(F)(F)O5)n2)OC[C@]3(C)C(N)=O)cc2cn(C3(F)CC3)nc12. The molecule has 274 valence electrons. The maximum Gasteiger partial charge on any atom is 0.586 e. The van der Waals surface area contributed by atoms with Crippen molar-refractivity contribution in [3.63, 3.8) is 0 Å². The second kappa shape index (κ2) is 11.7. The van der Waals surface area contributed by atoms with Crippen molar-refractivity contribution in [1.82, 2.24) is 20.1 Å². The fraction of sp³-hybridized carbons (Fsp3) is 0.278. The molecule has 17 heteroatoms. The summed E-state index contributed by atoms with van der Waals surface area (Å²) < 4.78 is 78.8. The molecule has 0 bridgehead atoms. The maximum atomic E-state index is 14.8. The Morgan fingerprint density at radius 1 is 1.09 bits per heavy atom. The molecule has 0 spiro atoms. The molecule has 3 aliphatic rings. The van der Waals surface area contributed by atoms with Crippen LogP contribution in [0.2, 0.25) is 5.02 Å². The maximum absolute atomic E-state index is 14.8. The molecule has 0 saturated heterocycles. The highest BCUT2D eigenvalue weighted by molar-refractivity contribution is 6.35. The van der Waals surface area contributed by atoms with Gasteiger partial charge in [0.05, 0.1) is 24.4 Å². The van der Waals surface area contributed by atoms with Gasteiger partial charge in [0.1, 0.15) is 46.1 Å². The molecule has 0 radical (unpaired) electrons. The van der Waals surface area contributed by atoms with Crippen LogP contribution < -0.4 is 30.0 Å². The number of pyridine rings is 1. The van der Waals surface area contributed by atoms with Crippen molar-refractivity contribution in [1.29, 1.82) is 0 Å². The molecule has 53 heavy (non-hydrogen) atoms. The van der Waals surface area contributed by atoms with Gasteiger partial charge in [0.25, 0.3) is 5.91 Å². The number of aromatic nitrogens is 3. The van der Waals surface area contributed by atoms with Crippen molar-refractivity contribution in [3.05, 3.63) is 94.0 Å². The van der Waals surface area contributed by atoms with Crippen LogP contribution in [0.15, 0.2) is 60.8 Å². The van der Waals surface area contributed by atoms with E-state index < -0.39 is 53.0 Å². The highest BCUT2D eigenvalue weighted by Crippen LogP contribution is 2.53. The lowest BCUT2D eigenvalue weighted by Gasteiger charge is -2.30. The van der Waals surface area contributed by atoms with Gasteiger partial charge in [-0.25, -0.2) is 18.4 Å². The Labute approximate surface area is 302 Å². The molecular formula is C36H28ClF4N5O7. The van der Waals surface area contributed by atoms with E-state index in [0.717, 1.165) is 12.1 Å². The Kier molecular flexibility index (Phi) is 7.61. The first-order valence-electron chi connectivity index (χ1n) is 16.2. The molecule has 1 aliphatic carbocycles. The number of hydrogen-bond donors (Lipinski definition) is 3. The zero-order valence-electron chi connectivity index (χ0n) is 27.8. The van der Waals surface area contributed by atoms with Gasteiger partial charge < -0.3 is 35.1 Å². The molecule has 3 aromatic carbocycles. The molecule has 5 aromatic rings. The molecular weight excluding hydrogens is 726 g/mol. The fourth-order valence-corrected chi connectivity index (χ4v) is 6.73. The third-order valence-corrected chi connectivity index (χ3v) is 10.1. The molecule has 1 saturated carbocycles. The third kappa shape index (κ3) is 5.55. The van der Waals surface area contributed by atoms with Gasteiger partial charge in [-0.05, 0) is 55.0 Å². The zero-order valence-corrected chi connectivity index (χ0v) is 28.6. The molecule has 2 atom stereocenters. The van der Waals surface area contributed by atoms with Crippen LogP contribution in [-0.4, -0.2) is 58.2 Å². The van der Waals surface area contributed by atoms with Crippen molar-refractivity contribution >= 4 is 34.3 Å². The number of rotatable bonds is 9. The van der Waals surface area contributed by atoms with Gasteiger partial charge >= 0.3 is 6.29 Å². The van der Waals surface area contributed by atoms with Crippen molar-refractivity contribution < 1.29 is 51.2 Å². The summed E-state index contributed by atoms with van der Waals surface area (Å²) in [5.41, 5.74) is 2.51. The third-order valence-electron chi connectivity index (χ3n) is 9.76. The quantitative estimate of drug-likeness (QED) is 0.167. The summed E-state index contributed by atoms with van der Waals surface area (Å²) in [6.07, 6.45) is -1.91. The average Bonchev–Trinajstić information content (AvgIpc) is 3.42. The standard InChI is InChI=1S/C36H28ClF4N5O7/c1-33(32(42)48)16-51-29-22(33)13-25(44-28(29)21-7-8-23-30(26(21)37)53-36(40,41)52-23)35(49,19-3-5-20(38)6-4-19)15-43-31(47)17-11-18-14-46(34(39)9-10-34)45-27(18)24(12-17)50-2/h3-8,11-14,49H,9-10,15-16H2,1-2H3,(H2,42,48)(H,43,47)/t33-,35+/m0/s1. The Balaban J connectivity index is 1.24. The smallest absolute Gasteiger partial charge is 0.494 e. The second-order valence-electron chi connectivity index (χ2n) is 13.3. The highest BCUT2D eigenvalue weighted by Gasteiger charge is 2.49. The summed E-state index contributed by atoms with van der Waals surface area (Å²) >= 11 is 6.60. The van der Waals surface area contributed by atoms with E-state index in [2.05, 4.69) is 24.9 Å².